The van der Waals surface area contributed by atoms with E-state index in [-0.39, 0.29) is 16.8 Å². The maximum atomic E-state index is 12.8. The number of primary sulfonamides is 1. The van der Waals surface area contributed by atoms with Gasteiger partial charge < -0.3 is 9.64 Å². The second-order valence-corrected chi connectivity index (χ2v) is 8.30. The summed E-state index contributed by atoms with van der Waals surface area (Å²) in [6, 6.07) is 11.2. The van der Waals surface area contributed by atoms with E-state index < -0.39 is 16.1 Å². The van der Waals surface area contributed by atoms with Gasteiger partial charge in [-0.25, -0.2) is 13.6 Å². The van der Waals surface area contributed by atoms with E-state index in [1.54, 1.807) is 42.3 Å². The number of nitrogens with zero attached hydrogens (tertiary/aromatic N) is 1. The summed E-state index contributed by atoms with van der Waals surface area (Å²) in [6.45, 7) is 1.86. The van der Waals surface area contributed by atoms with Crippen molar-refractivity contribution < 1.29 is 17.9 Å². The summed E-state index contributed by atoms with van der Waals surface area (Å²) >= 11 is 5.99. The maximum Gasteiger partial charge on any atom is 0.264 e. The third kappa shape index (κ3) is 3.70. The lowest BCUT2D eigenvalue weighted by Gasteiger charge is -2.27. The second kappa shape index (κ2) is 6.90. The third-order valence-electron chi connectivity index (χ3n) is 4.59. The van der Waals surface area contributed by atoms with Gasteiger partial charge in [0, 0.05) is 18.5 Å². The minimum atomic E-state index is -3.74. The number of sulfonamides is 1. The number of carbonyl (C=O) groups is 1. The molecule has 1 amide bonds. The van der Waals surface area contributed by atoms with Crippen molar-refractivity contribution in [2.45, 2.75) is 30.4 Å². The van der Waals surface area contributed by atoms with E-state index in [0.717, 1.165) is 11.1 Å². The van der Waals surface area contributed by atoms with E-state index in [1.807, 2.05) is 6.92 Å². The average Bonchev–Trinajstić information content (AvgIpc) is 3.02. The highest BCUT2D eigenvalue weighted by molar-refractivity contribution is 7.89. The zero-order valence-electron chi connectivity index (χ0n) is 14.3. The maximum absolute atomic E-state index is 12.8. The van der Waals surface area contributed by atoms with Crippen molar-refractivity contribution in [2.24, 2.45) is 5.14 Å². The number of nitrogens with two attached hydrogens (primary N) is 1. The predicted molar refractivity (Wildman–Crippen MR) is 98.6 cm³/mol. The van der Waals surface area contributed by atoms with Gasteiger partial charge in [0.1, 0.15) is 5.75 Å². The molecule has 2 aromatic rings. The van der Waals surface area contributed by atoms with Crippen LogP contribution in [0.5, 0.6) is 5.75 Å². The van der Waals surface area contributed by atoms with Crippen molar-refractivity contribution in [1.82, 2.24) is 4.90 Å². The number of rotatable bonds is 4. The number of ether oxygens (including phenoxy) is 1. The Balaban J connectivity index is 1.72. The van der Waals surface area contributed by atoms with Crippen molar-refractivity contribution in [1.29, 1.82) is 0 Å². The normalized spacial score (nSPS) is 17.3. The number of carbonyl (C=O) groups excluding carboxylic acids is 1. The fraction of sp³-hybridized carbons (Fsp3) is 0.278. The molecule has 138 valence electrons. The van der Waals surface area contributed by atoms with Crippen LogP contribution in [0.2, 0.25) is 5.02 Å². The van der Waals surface area contributed by atoms with Gasteiger partial charge in [0.25, 0.3) is 5.91 Å². The van der Waals surface area contributed by atoms with Crippen molar-refractivity contribution >= 4 is 27.5 Å². The first-order valence-electron chi connectivity index (χ1n) is 8.01. The van der Waals surface area contributed by atoms with Crippen LogP contribution in [-0.2, 0) is 21.2 Å². The standard InChI is InChI=1S/C18H19ClN2O4S/c1-11(12-3-6-15(7-4-12)26(20,23)24)21(2)18(22)17-10-13-9-14(19)5-8-16(13)25-17/h3-9,11,17H,10H2,1-2H3,(H2,20,23,24)/t11-,17+/m0/s1. The number of halogens is 1. The molecule has 0 fully saturated rings. The molecule has 8 heteroatoms. The van der Waals surface area contributed by atoms with Gasteiger partial charge in [-0.15, -0.1) is 0 Å². The Bertz CT molecular complexity index is 944. The average molecular weight is 395 g/mol. The Morgan fingerprint density at radius 2 is 1.92 bits per heavy atom. The molecule has 0 aliphatic carbocycles. The third-order valence-corrected chi connectivity index (χ3v) is 5.76. The van der Waals surface area contributed by atoms with Gasteiger partial charge in [-0.1, -0.05) is 23.7 Å². The van der Waals surface area contributed by atoms with E-state index in [9.17, 15) is 13.2 Å². The van der Waals surface area contributed by atoms with Gasteiger partial charge >= 0.3 is 0 Å². The van der Waals surface area contributed by atoms with Crippen LogP contribution in [0.1, 0.15) is 24.1 Å². The highest BCUT2D eigenvalue weighted by Gasteiger charge is 2.33. The lowest BCUT2D eigenvalue weighted by atomic mass is 10.1. The zero-order valence-corrected chi connectivity index (χ0v) is 15.9. The van der Waals surface area contributed by atoms with Gasteiger partial charge in [0.15, 0.2) is 6.10 Å². The van der Waals surface area contributed by atoms with E-state index in [1.165, 1.54) is 12.1 Å². The Kier molecular flexibility index (Phi) is 4.96. The molecule has 2 aromatic carbocycles. The molecule has 3 rings (SSSR count). The largest absolute Gasteiger partial charge is 0.480 e. The lowest BCUT2D eigenvalue weighted by Crippen LogP contribution is -2.40. The van der Waals surface area contributed by atoms with E-state index in [4.69, 9.17) is 21.5 Å². The number of hydrogen-bond acceptors (Lipinski definition) is 4. The van der Waals surface area contributed by atoms with Crippen LogP contribution in [0.25, 0.3) is 0 Å². The zero-order chi connectivity index (χ0) is 19.1. The van der Waals surface area contributed by atoms with Gasteiger partial charge in [-0.3, -0.25) is 4.79 Å². The first-order chi connectivity index (χ1) is 12.2. The van der Waals surface area contributed by atoms with Crippen LogP contribution in [0, 0.1) is 0 Å². The molecule has 0 spiro atoms. The molecule has 0 saturated heterocycles. The molecule has 0 unspecified atom stereocenters. The summed E-state index contributed by atoms with van der Waals surface area (Å²) < 4.78 is 28.4. The topological polar surface area (TPSA) is 89.7 Å². The number of fused-ring (bicyclic) bond motifs is 1. The van der Waals surface area contributed by atoms with Crippen molar-refractivity contribution in [3.8, 4) is 5.75 Å². The van der Waals surface area contributed by atoms with Crippen LogP contribution in [0.3, 0.4) is 0 Å². The summed E-state index contributed by atoms with van der Waals surface area (Å²) in [4.78, 5) is 14.4. The first kappa shape index (κ1) is 18.7. The molecular weight excluding hydrogens is 376 g/mol. The van der Waals surface area contributed by atoms with Crippen LogP contribution in [0.15, 0.2) is 47.4 Å². The molecule has 0 bridgehead atoms. The first-order valence-corrected chi connectivity index (χ1v) is 9.94. The quantitative estimate of drug-likeness (QED) is 0.862. The molecule has 26 heavy (non-hydrogen) atoms. The second-order valence-electron chi connectivity index (χ2n) is 6.30. The highest BCUT2D eigenvalue weighted by atomic mass is 35.5. The predicted octanol–water partition coefficient (Wildman–Crippen LogP) is 2.51. The Morgan fingerprint density at radius 3 is 2.54 bits per heavy atom. The Morgan fingerprint density at radius 1 is 1.27 bits per heavy atom. The van der Waals surface area contributed by atoms with E-state index in [2.05, 4.69) is 0 Å². The van der Waals surface area contributed by atoms with Gasteiger partial charge in [0.2, 0.25) is 10.0 Å². The molecule has 0 aromatic heterocycles. The van der Waals surface area contributed by atoms with Crippen molar-refractivity contribution in [3.05, 3.63) is 58.6 Å². The molecule has 0 radical (unpaired) electrons. The summed E-state index contributed by atoms with van der Waals surface area (Å²) in [5, 5.41) is 5.72. The molecule has 1 aliphatic heterocycles. The molecular formula is C18H19ClN2O4S. The Hall–Kier alpha value is -2.09. The van der Waals surface area contributed by atoms with E-state index >= 15 is 0 Å². The summed E-state index contributed by atoms with van der Waals surface area (Å²) in [5.74, 6) is 0.520. The number of hydrogen-bond donors (Lipinski definition) is 1. The minimum absolute atomic E-state index is 0.0360. The number of benzene rings is 2. The van der Waals surface area contributed by atoms with Crippen LogP contribution in [-0.4, -0.2) is 32.4 Å². The van der Waals surface area contributed by atoms with Crippen LogP contribution >= 0.6 is 11.6 Å². The van der Waals surface area contributed by atoms with Gasteiger partial charge in [0.05, 0.1) is 10.9 Å². The summed E-state index contributed by atoms with van der Waals surface area (Å²) in [6.07, 6.45) is -0.129. The van der Waals surface area contributed by atoms with Crippen LogP contribution < -0.4 is 9.88 Å². The summed E-state index contributed by atoms with van der Waals surface area (Å²) in [7, 11) is -2.05. The van der Waals surface area contributed by atoms with Crippen molar-refractivity contribution in [2.75, 3.05) is 7.05 Å². The van der Waals surface area contributed by atoms with Gasteiger partial charge in [-0.2, -0.15) is 0 Å². The van der Waals surface area contributed by atoms with Gasteiger partial charge in [-0.05, 0) is 48.4 Å². The molecule has 2 N–H and O–H groups in total. The van der Waals surface area contributed by atoms with E-state index in [0.29, 0.717) is 17.2 Å². The van der Waals surface area contributed by atoms with Crippen LogP contribution in [0.4, 0.5) is 0 Å². The smallest absolute Gasteiger partial charge is 0.264 e. The SMILES string of the molecule is C[C@@H](c1ccc(S(N)(=O)=O)cc1)N(C)C(=O)[C@H]1Cc2cc(Cl)ccc2O1. The fourth-order valence-corrected chi connectivity index (χ4v) is 3.64. The molecule has 6 nitrogen and oxygen atoms in total. The summed E-state index contributed by atoms with van der Waals surface area (Å²) in [5.41, 5.74) is 1.71. The minimum Gasteiger partial charge on any atom is -0.480 e. The number of amides is 1. The monoisotopic (exact) mass is 394 g/mol. The Labute approximate surface area is 157 Å². The molecule has 2 atom stereocenters. The number of likely N-dealkylation sites (N-methyl/N-ethyl adjacent to an activating group) is 1. The molecule has 0 saturated carbocycles. The molecule has 1 heterocycles. The fourth-order valence-electron chi connectivity index (χ4n) is 2.93. The molecule has 1 aliphatic rings. The van der Waals surface area contributed by atoms with Crippen molar-refractivity contribution in [3.63, 3.8) is 0 Å². The highest BCUT2D eigenvalue weighted by Crippen LogP contribution is 2.32. The lowest BCUT2D eigenvalue weighted by molar-refractivity contribution is -0.138.